The zero-order valence-electron chi connectivity index (χ0n) is 10.8. The van der Waals surface area contributed by atoms with Crippen molar-refractivity contribution in [2.24, 2.45) is 0 Å². The Kier molecular flexibility index (Phi) is 2.68. The predicted molar refractivity (Wildman–Crippen MR) is 78.4 cm³/mol. The molecule has 0 N–H and O–H groups in total. The smallest absolute Gasteiger partial charge is 0.234 e. The summed E-state index contributed by atoms with van der Waals surface area (Å²) >= 11 is 6.06. The second-order valence-electron chi connectivity index (χ2n) is 4.41. The molecule has 0 saturated carbocycles. The second-order valence-corrected chi connectivity index (χ2v) is 4.85. The first kappa shape index (κ1) is 12.0. The SMILES string of the molecule is Clc1ccc2nnc(-c3cccn3-c3ncccn3)n2c1. The Bertz CT molecular complexity index is 912. The summed E-state index contributed by atoms with van der Waals surface area (Å²) in [6.07, 6.45) is 7.07. The zero-order chi connectivity index (χ0) is 14.2. The van der Waals surface area contributed by atoms with Crippen molar-refractivity contribution in [2.45, 2.75) is 0 Å². The molecule has 7 heteroatoms. The van der Waals surface area contributed by atoms with Gasteiger partial charge < -0.3 is 0 Å². The van der Waals surface area contributed by atoms with Crippen molar-refractivity contribution >= 4 is 17.2 Å². The summed E-state index contributed by atoms with van der Waals surface area (Å²) in [5, 5.41) is 9.02. The molecule has 0 unspecified atom stereocenters. The molecule has 102 valence electrons. The number of aromatic nitrogens is 6. The molecule has 4 rings (SSSR count). The van der Waals surface area contributed by atoms with Crippen molar-refractivity contribution in [3.8, 4) is 17.5 Å². The second kappa shape index (κ2) is 4.68. The lowest BCUT2D eigenvalue weighted by Crippen LogP contribution is -2.02. The largest absolute Gasteiger partial charge is 0.282 e. The van der Waals surface area contributed by atoms with Crippen LogP contribution in [0.25, 0.3) is 23.1 Å². The van der Waals surface area contributed by atoms with E-state index in [0.717, 1.165) is 11.3 Å². The van der Waals surface area contributed by atoms with Gasteiger partial charge in [-0.2, -0.15) is 0 Å². The summed E-state index contributed by atoms with van der Waals surface area (Å²) in [6, 6.07) is 9.24. The van der Waals surface area contributed by atoms with Gasteiger partial charge in [-0.3, -0.25) is 8.97 Å². The van der Waals surface area contributed by atoms with E-state index < -0.39 is 0 Å². The van der Waals surface area contributed by atoms with Crippen molar-refractivity contribution in [3.63, 3.8) is 0 Å². The number of rotatable bonds is 2. The van der Waals surface area contributed by atoms with Gasteiger partial charge in [-0.05, 0) is 30.3 Å². The van der Waals surface area contributed by atoms with Gasteiger partial charge in [0.25, 0.3) is 0 Å². The van der Waals surface area contributed by atoms with E-state index in [1.165, 1.54) is 0 Å². The summed E-state index contributed by atoms with van der Waals surface area (Å²) in [7, 11) is 0. The lowest BCUT2D eigenvalue weighted by Gasteiger charge is -2.05. The maximum absolute atomic E-state index is 6.06. The average Bonchev–Trinajstić information content (AvgIpc) is 3.13. The Morgan fingerprint density at radius 1 is 0.952 bits per heavy atom. The number of hydrogen-bond acceptors (Lipinski definition) is 4. The number of nitrogens with zero attached hydrogens (tertiary/aromatic N) is 6. The molecule has 4 heterocycles. The van der Waals surface area contributed by atoms with Crippen LogP contribution < -0.4 is 0 Å². The third-order valence-electron chi connectivity index (χ3n) is 3.11. The molecule has 0 amide bonds. The Labute approximate surface area is 124 Å². The van der Waals surface area contributed by atoms with Crippen LogP contribution in [0.3, 0.4) is 0 Å². The van der Waals surface area contributed by atoms with Gasteiger partial charge in [-0.15, -0.1) is 10.2 Å². The van der Waals surface area contributed by atoms with Gasteiger partial charge >= 0.3 is 0 Å². The van der Waals surface area contributed by atoms with Crippen LogP contribution >= 0.6 is 11.6 Å². The van der Waals surface area contributed by atoms with Crippen LogP contribution in [-0.2, 0) is 0 Å². The number of pyridine rings is 1. The summed E-state index contributed by atoms with van der Waals surface area (Å²) in [5.74, 6) is 1.27. The predicted octanol–water partition coefficient (Wildman–Crippen LogP) is 2.63. The van der Waals surface area contributed by atoms with Gasteiger partial charge in [-0.1, -0.05) is 11.6 Å². The maximum atomic E-state index is 6.06. The van der Waals surface area contributed by atoms with E-state index in [1.54, 1.807) is 30.7 Å². The average molecular weight is 297 g/mol. The molecule has 0 aromatic carbocycles. The van der Waals surface area contributed by atoms with Crippen molar-refractivity contribution in [3.05, 3.63) is 60.1 Å². The minimum atomic E-state index is 0.580. The minimum absolute atomic E-state index is 0.580. The Morgan fingerprint density at radius 3 is 2.67 bits per heavy atom. The molecular formula is C14H9ClN6. The van der Waals surface area contributed by atoms with Crippen molar-refractivity contribution < 1.29 is 0 Å². The lowest BCUT2D eigenvalue weighted by molar-refractivity contribution is 0.926. The van der Waals surface area contributed by atoms with E-state index in [2.05, 4.69) is 20.2 Å². The first-order valence-electron chi connectivity index (χ1n) is 6.28. The first-order valence-corrected chi connectivity index (χ1v) is 6.66. The van der Waals surface area contributed by atoms with Gasteiger partial charge in [-0.25, -0.2) is 9.97 Å². The number of hydrogen-bond donors (Lipinski definition) is 0. The molecule has 4 aromatic heterocycles. The van der Waals surface area contributed by atoms with Crippen LogP contribution in [0.2, 0.25) is 5.02 Å². The molecular weight excluding hydrogens is 288 g/mol. The number of halogens is 1. The molecule has 0 atom stereocenters. The van der Waals surface area contributed by atoms with E-state index in [9.17, 15) is 0 Å². The van der Waals surface area contributed by atoms with E-state index in [1.807, 2.05) is 33.4 Å². The lowest BCUT2D eigenvalue weighted by atomic mass is 10.4. The van der Waals surface area contributed by atoms with Crippen LogP contribution in [0.1, 0.15) is 0 Å². The highest BCUT2D eigenvalue weighted by Crippen LogP contribution is 2.22. The molecule has 6 nitrogen and oxygen atoms in total. The number of fused-ring (bicyclic) bond motifs is 1. The van der Waals surface area contributed by atoms with E-state index in [0.29, 0.717) is 16.8 Å². The molecule has 0 fully saturated rings. The Morgan fingerprint density at radius 2 is 1.81 bits per heavy atom. The first-order chi connectivity index (χ1) is 10.3. The van der Waals surface area contributed by atoms with Crippen LogP contribution in [0.5, 0.6) is 0 Å². The summed E-state index contributed by atoms with van der Waals surface area (Å²) in [6.45, 7) is 0. The van der Waals surface area contributed by atoms with Gasteiger partial charge in [0.2, 0.25) is 5.95 Å². The minimum Gasteiger partial charge on any atom is -0.282 e. The van der Waals surface area contributed by atoms with Gasteiger partial charge in [0, 0.05) is 24.8 Å². The van der Waals surface area contributed by atoms with E-state index in [4.69, 9.17) is 11.6 Å². The van der Waals surface area contributed by atoms with Crippen LogP contribution in [0, 0.1) is 0 Å². The van der Waals surface area contributed by atoms with Gasteiger partial charge in [0.1, 0.15) is 0 Å². The third kappa shape index (κ3) is 1.96. The normalized spacial score (nSPS) is 11.1. The Balaban J connectivity index is 1.95. The molecule has 0 aliphatic carbocycles. The third-order valence-corrected chi connectivity index (χ3v) is 3.34. The van der Waals surface area contributed by atoms with Crippen LogP contribution in [0.15, 0.2) is 55.1 Å². The maximum Gasteiger partial charge on any atom is 0.234 e. The molecule has 4 aromatic rings. The summed E-state index contributed by atoms with van der Waals surface area (Å²) < 4.78 is 3.70. The van der Waals surface area contributed by atoms with Gasteiger partial charge in [0.15, 0.2) is 11.5 Å². The zero-order valence-corrected chi connectivity index (χ0v) is 11.5. The Hall–Kier alpha value is -2.73. The standard InChI is InChI=1S/C14H9ClN6/c15-10-4-5-12-18-19-13(21(12)9-10)11-3-1-8-20(11)14-16-6-2-7-17-14/h1-9H. The summed E-state index contributed by atoms with van der Waals surface area (Å²) in [4.78, 5) is 8.52. The molecule has 0 saturated heterocycles. The van der Waals surface area contributed by atoms with Crippen molar-refractivity contribution in [1.82, 2.24) is 29.1 Å². The molecule has 0 bridgehead atoms. The van der Waals surface area contributed by atoms with Gasteiger partial charge in [0.05, 0.1) is 10.7 Å². The van der Waals surface area contributed by atoms with E-state index >= 15 is 0 Å². The monoisotopic (exact) mass is 296 g/mol. The van der Waals surface area contributed by atoms with E-state index in [-0.39, 0.29) is 0 Å². The summed E-state index contributed by atoms with van der Waals surface area (Å²) in [5.41, 5.74) is 1.58. The van der Waals surface area contributed by atoms with Crippen LogP contribution in [-0.4, -0.2) is 29.1 Å². The highest BCUT2D eigenvalue weighted by Gasteiger charge is 2.14. The molecule has 21 heavy (non-hydrogen) atoms. The topological polar surface area (TPSA) is 60.9 Å². The molecule has 0 radical (unpaired) electrons. The highest BCUT2D eigenvalue weighted by molar-refractivity contribution is 6.30. The van der Waals surface area contributed by atoms with Crippen molar-refractivity contribution in [1.29, 1.82) is 0 Å². The quantitative estimate of drug-likeness (QED) is 0.570. The van der Waals surface area contributed by atoms with Crippen LogP contribution in [0.4, 0.5) is 0 Å². The fourth-order valence-corrected chi connectivity index (χ4v) is 2.35. The fourth-order valence-electron chi connectivity index (χ4n) is 2.19. The molecule has 0 aliphatic rings. The van der Waals surface area contributed by atoms with Crippen molar-refractivity contribution in [2.75, 3.05) is 0 Å². The molecule has 0 spiro atoms. The molecule has 0 aliphatic heterocycles. The fraction of sp³-hybridized carbons (Fsp3) is 0. The highest BCUT2D eigenvalue weighted by atomic mass is 35.5.